The van der Waals surface area contributed by atoms with E-state index < -0.39 is 0 Å². The number of aromatic nitrogens is 2. The number of nitrogens with zero attached hydrogens (tertiary/aromatic N) is 3. The molecular formula is C18H25N3O2S. The van der Waals surface area contributed by atoms with Crippen LogP contribution in [0.25, 0.3) is 4.83 Å². The third-order valence-electron chi connectivity index (χ3n) is 5.75. The third-order valence-corrected chi connectivity index (χ3v) is 6.63. The predicted octanol–water partition coefficient (Wildman–Crippen LogP) is 3.01. The van der Waals surface area contributed by atoms with Crippen LogP contribution in [0.5, 0.6) is 0 Å². The molecule has 0 saturated carbocycles. The Balaban J connectivity index is 1.48. The lowest BCUT2D eigenvalue weighted by atomic mass is 9.77. The average molecular weight is 347 g/mol. The molecule has 5 nitrogen and oxygen atoms in total. The minimum atomic E-state index is 0.0663. The number of amides is 1. The molecule has 0 N–H and O–H groups in total. The first-order valence-corrected chi connectivity index (χ1v) is 9.76. The van der Waals surface area contributed by atoms with Crippen LogP contribution in [-0.2, 0) is 14.9 Å². The summed E-state index contributed by atoms with van der Waals surface area (Å²) in [4.78, 5) is 20.9. The highest BCUT2D eigenvalue weighted by molar-refractivity contribution is 7.15. The number of hydrogen-bond acceptors (Lipinski definition) is 4. The van der Waals surface area contributed by atoms with Crippen molar-refractivity contribution in [3.8, 4) is 0 Å². The van der Waals surface area contributed by atoms with Gasteiger partial charge in [-0.2, -0.15) is 0 Å². The number of piperidine rings is 1. The van der Waals surface area contributed by atoms with Gasteiger partial charge in [-0.3, -0.25) is 9.20 Å². The van der Waals surface area contributed by atoms with Crippen molar-refractivity contribution in [3.63, 3.8) is 0 Å². The Bertz CT molecular complexity index is 737. The van der Waals surface area contributed by atoms with Crippen molar-refractivity contribution < 1.29 is 9.53 Å². The summed E-state index contributed by atoms with van der Waals surface area (Å²) in [5, 5.41) is 2.13. The number of carbonyl (C=O) groups excluding carboxylic acids is 1. The maximum absolute atomic E-state index is 12.7. The normalized spacial score (nSPS) is 22.2. The van der Waals surface area contributed by atoms with E-state index in [0.29, 0.717) is 5.91 Å². The van der Waals surface area contributed by atoms with E-state index in [1.54, 1.807) is 11.3 Å². The van der Waals surface area contributed by atoms with E-state index in [4.69, 9.17) is 9.72 Å². The second-order valence-electron chi connectivity index (χ2n) is 7.36. The Morgan fingerprint density at radius 2 is 2.04 bits per heavy atom. The van der Waals surface area contributed by atoms with Crippen LogP contribution in [0, 0.1) is 12.8 Å². The summed E-state index contributed by atoms with van der Waals surface area (Å²) in [6.07, 6.45) is 5.84. The van der Waals surface area contributed by atoms with Crippen LogP contribution in [0.15, 0.2) is 11.6 Å². The van der Waals surface area contributed by atoms with Crippen LogP contribution in [-0.4, -0.2) is 46.5 Å². The van der Waals surface area contributed by atoms with Gasteiger partial charge in [-0.05, 0) is 32.6 Å². The minimum Gasteiger partial charge on any atom is -0.381 e. The zero-order valence-corrected chi connectivity index (χ0v) is 15.3. The van der Waals surface area contributed by atoms with Gasteiger partial charge in [0.15, 0.2) is 0 Å². The number of rotatable bonds is 2. The van der Waals surface area contributed by atoms with Crippen LogP contribution in [0.3, 0.4) is 0 Å². The number of carbonyl (C=O) groups is 1. The molecule has 24 heavy (non-hydrogen) atoms. The Labute approximate surface area is 146 Å². The number of imidazole rings is 1. The van der Waals surface area contributed by atoms with Crippen LogP contribution in [0.1, 0.15) is 44.1 Å². The molecule has 2 aromatic heterocycles. The molecule has 2 aliphatic heterocycles. The maximum Gasteiger partial charge on any atom is 0.225 e. The summed E-state index contributed by atoms with van der Waals surface area (Å²) in [7, 11) is 0. The summed E-state index contributed by atoms with van der Waals surface area (Å²) >= 11 is 1.76. The van der Waals surface area contributed by atoms with Gasteiger partial charge in [0.05, 0.1) is 5.69 Å². The largest absolute Gasteiger partial charge is 0.381 e. The zero-order valence-electron chi connectivity index (χ0n) is 14.5. The molecule has 0 spiro atoms. The van der Waals surface area contributed by atoms with Gasteiger partial charge in [-0.1, -0.05) is 6.92 Å². The molecule has 2 aromatic rings. The van der Waals surface area contributed by atoms with Crippen molar-refractivity contribution in [1.29, 1.82) is 0 Å². The molecule has 2 saturated heterocycles. The highest BCUT2D eigenvalue weighted by Crippen LogP contribution is 2.38. The van der Waals surface area contributed by atoms with Crippen molar-refractivity contribution >= 4 is 22.1 Å². The second-order valence-corrected chi connectivity index (χ2v) is 8.25. The smallest absolute Gasteiger partial charge is 0.225 e. The Kier molecular flexibility index (Phi) is 4.12. The van der Waals surface area contributed by atoms with Gasteiger partial charge < -0.3 is 9.64 Å². The molecular weight excluding hydrogens is 322 g/mol. The molecule has 1 amide bonds. The molecule has 4 rings (SSSR count). The fraction of sp³-hybridized carbons (Fsp3) is 0.667. The van der Waals surface area contributed by atoms with Crippen LogP contribution in [0.4, 0.5) is 0 Å². The van der Waals surface area contributed by atoms with Crippen molar-refractivity contribution in [2.24, 2.45) is 5.92 Å². The van der Waals surface area contributed by atoms with Crippen molar-refractivity contribution in [2.45, 2.75) is 44.9 Å². The van der Waals surface area contributed by atoms with E-state index in [2.05, 4.69) is 34.7 Å². The molecule has 6 heteroatoms. The Morgan fingerprint density at radius 1 is 1.33 bits per heavy atom. The van der Waals surface area contributed by atoms with E-state index in [0.717, 1.165) is 57.8 Å². The summed E-state index contributed by atoms with van der Waals surface area (Å²) in [6.45, 7) is 7.52. The van der Waals surface area contributed by atoms with Crippen LogP contribution < -0.4 is 0 Å². The first-order chi connectivity index (χ1) is 11.6. The van der Waals surface area contributed by atoms with E-state index in [1.807, 2.05) is 0 Å². The molecule has 2 fully saturated rings. The number of aryl methyl sites for hydroxylation is 1. The van der Waals surface area contributed by atoms with Crippen LogP contribution >= 0.6 is 11.3 Å². The van der Waals surface area contributed by atoms with E-state index >= 15 is 0 Å². The Hall–Kier alpha value is -1.40. The molecule has 0 bridgehead atoms. The first-order valence-electron chi connectivity index (χ1n) is 8.88. The summed E-state index contributed by atoms with van der Waals surface area (Å²) in [5.74, 6) is 1.56. The summed E-state index contributed by atoms with van der Waals surface area (Å²) < 4.78 is 7.57. The molecule has 0 unspecified atom stereocenters. The number of fused-ring (bicyclic) bond motifs is 1. The highest BCUT2D eigenvalue weighted by Gasteiger charge is 2.38. The lowest BCUT2D eigenvalue weighted by molar-refractivity contribution is -0.140. The van der Waals surface area contributed by atoms with Crippen LogP contribution in [0.2, 0.25) is 0 Å². The minimum absolute atomic E-state index is 0.0663. The molecule has 2 aliphatic rings. The third kappa shape index (κ3) is 2.65. The number of hydrogen-bond donors (Lipinski definition) is 0. The predicted molar refractivity (Wildman–Crippen MR) is 94.5 cm³/mol. The maximum atomic E-state index is 12.7. The fourth-order valence-electron chi connectivity index (χ4n) is 4.02. The molecule has 0 atom stereocenters. The number of thiazole rings is 1. The van der Waals surface area contributed by atoms with Gasteiger partial charge in [0.25, 0.3) is 0 Å². The van der Waals surface area contributed by atoms with E-state index in [1.165, 1.54) is 10.5 Å². The average Bonchev–Trinajstić information content (AvgIpc) is 3.20. The summed E-state index contributed by atoms with van der Waals surface area (Å²) in [6, 6.07) is 0. The first kappa shape index (κ1) is 16.1. The van der Waals surface area contributed by atoms with Crippen molar-refractivity contribution in [1.82, 2.24) is 14.3 Å². The van der Waals surface area contributed by atoms with Gasteiger partial charge in [0.2, 0.25) is 5.91 Å². The molecule has 0 aromatic carbocycles. The lowest BCUT2D eigenvalue weighted by Crippen LogP contribution is -2.47. The molecule has 130 valence electrons. The number of ether oxygens (including phenoxy) is 1. The van der Waals surface area contributed by atoms with Crippen molar-refractivity contribution in [3.05, 3.63) is 23.1 Å². The van der Waals surface area contributed by atoms with Gasteiger partial charge >= 0.3 is 0 Å². The van der Waals surface area contributed by atoms with Gasteiger partial charge in [0.1, 0.15) is 10.7 Å². The molecule has 0 aliphatic carbocycles. The zero-order chi connectivity index (χ0) is 16.7. The standard InChI is InChI=1S/C18H25N3O2S/c1-13-19-15(17-21(13)9-12-24-17)18(2)5-7-20(8-6-18)16(22)14-3-10-23-11-4-14/h9,12,14H,3-8,10-11H2,1-2H3. The quantitative estimate of drug-likeness (QED) is 0.839. The second kappa shape index (κ2) is 6.15. The monoisotopic (exact) mass is 347 g/mol. The van der Waals surface area contributed by atoms with Crippen molar-refractivity contribution in [2.75, 3.05) is 26.3 Å². The SMILES string of the molecule is Cc1nc(C2(C)CCN(C(=O)C3CCOCC3)CC2)c2sccn12. The molecule has 0 radical (unpaired) electrons. The highest BCUT2D eigenvalue weighted by atomic mass is 32.1. The topological polar surface area (TPSA) is 46.8 Å². The van der Waals surface area contributed by atoms with E-state index in [9.17, 15) is 4.79 Å². The van der Waals surface area contributed by atoms with Gasteiger partial charge in [0, 0.05) is 49.2 Å². The summed E-state index contributed by atoms with van der Waals surface area (Å²) in [5.41, 5.74) is 1.28. The Morgan fingerprint density at radius 3 is 2.75 bits per heavy atom. The van der Waals surface area contributed by atoms with E-state index in [-0.39, 0.29) is 11.3 Å². The fourth-order valence-corrected chi connectivity index (χ4v) is 5.04. The van der Waals surface area contributed by atoms with Gasteiger partial charge in [-0.15, -0.1) is 11.3 Å². The number of likely N-dealkylation sites (tertiary alicyclic amines) is 1. The lowest BCUT2D eigenvalue weighted by Gasteiger charge is -2.40. The van der Waals surface area contributed by atoms with Gasteiger partial charge in [-0.25, -0.2) is 4.98 Å². The molecule has 4 heterocycles.